The van der Waals surface area contributed by atoms with E-state index in [1.807, 2.05) is 18.2 Å². The van der Waals surface area contributed by atoms with E-state index < -0.39 is 10.1 Å². The maximum absolute atomic E-state index is 11.6. The number of rotatable bonds is 9. The van der Waals surface area contributed by atoms with E-state index in [-0.39, 0.29) is 4.90 Å². The van der Waals surface area contributed by atoms with Crippen LogP contribution in [0.15, 0.2) is 41.3 Å². The first-order valence-electron chi connectivity index (χ1n) is 8.51. The van der Waals surface area contributed by atoms with Crippen LogP contribution in [0.3, 0.4) is 0 Å². The van der Waals surface area contributed by atoms with Crippen molar-refractivity contribution in [2.75, 3.05) is 0 Å². The number of fused-ring (bicyclic) bond motifs is 1. The molecule has 2 rings (SSSR count). The fourth-order valence-corrected chi connectivity index (χ4v) is 3.74. The molecule has 4 heteroatoms. The summed E-state index contributed by atoms with van der Waals surface area (Å²) in [5.41, 5.74) is 0.977. The Labute approximate surface area is 139 Å². The van der Waals surface area contributed by atoms with Gasteiger partial charge in [0.05, 0.1) is 0 Å². The van der Waals surface area contributed by atoms with Crippen molar-refractivity contribution in [3.8, 4) is 0 Å². The Hall–Kier alpha value is -1.39. The van der Waals surface area contributed by atoms with E-state index in [1.165, 1.54) is 32.1 Å². The van der Waals surface area contributed by atoms with E-state index in [4.69, 9.17) is 0 Å². The Morgan fingerprint density at radius 1 is 0.913 bits per heavy atom. The van der Waals surface area contributed by atoms with Gasteiger partial charge >= 0.3 is 0 Å². The van der Waals surface area contributed by atoms with Crippen molar-refractivity contribution >= 4 is 20.9 Å². The lowest BCUT2D eigenvalue weighted by Gasteiger charge is -2.08. The molecule has 0 heterocycles. The van der Waals surface area contributed by atoms with Gasteiger partial charge in [0.1, 0.15) is 4.90 Å². The van der Waals surface area contributed by atoms with Crippen LogP contribution >= 0.6 is 0 Å². The van der Waals surface area contributed by atoms with Crippen LogP contribution < -0.4 is 0 Å². The molecule has 2 aromatic carbocycles. The standard InChI is InChI=1S/C19H26O3S/c1-2-3-4-5-6-7-8-11-16-14-17-12-9-10-13-18(17)19(15-16)23(20,21)22/h9-10,12-15H,2-8,11H2,1H3,(H,20,21,22). The Bertz CT molecular complexity index is 735. The van der Waals surface area contributed by atoms with Gasteiger partial charge in [-0.15, -0.1) is 0 Å². The van der Waals surface area contributed by atoms with Gasteiger partial charge < -0.3 is 0 Å². The lowest BCUT2D eigenvalue weighted by atomic mass is 10.0. The highest BCUT2D eigenvalue weighted by Gasteiger charge is 2.15. The minimum absolute atomic E-state index is 0.0218. The highest BCUT2D eigenvalue weighted by molar-refractivity contribution is 7.86. The van der Waals surface area contributed by atoms with Crippen molar-refractivity contribution in [2.45, 2.75) is 63.2 Å². The monoisotopic (exact) mass is 334 g/mol. The van der Waals surface area contributed by atoms with E-state index in [0.717, 1.165) is 30.2 Å². The first kappa shape index (κ1) is 18.0. The van der Waals surface area contributed by atoms with E-state index in [0.29, 0.717) is 5.39 Å². The van der Waals surface area contributed by atoms with Crippen LogP contribution in [-0.2, 0) is 16.5 Å². The summed E-state index contributed by atoms with van der Waals surface area (Å²) >= 11 is 0. The fraction of sp³-hybridized carbons (Fsp3) is 0.474. The SMILES string of the molecule is CCCCCCCCCc1cc(S(=O)(=O)O)c2ccccc2c1. The summed E-state index contributed by atoms with van der Waals surface area (Å²) in [6.45, 7) is 2.21. The number of hydrogen-bond acceptors (Lipinski definition) is 2. The van der Waals surface area contributed by atoms with E-state index in [9.17, 15) is 13.0 Å². The Balaban J connectivity index is 2.04. The molecule has 126 valence electrons. The van der Waals surface area contributed by atoms with E-state index in [2.05, 4.69) is 6.92 Å². The molecule has 0 atom stereocenters. The molecule has 0 saturated carbocycles. The second-order valence-corrected chi connectivity index (χ2v) is 7.55. The minimum atomic E-state index is -4.20. The molecule has 3 nitrogen and oxygen atoms in total. The smallest absolute Gasteiger partial charge is 0.282 e. The maximum atomic E-state index is 11.6. The number of benzene rings is 2. The molecule has 0 fully saturated rings. The average molecular weight is 334 g/mol. The second-order valence-electron chi connectivity index (χ2n) is 6.16. The van der Waals surface area contributed by atoms with Crippen molar-refractivity contribution in [3.05, 3.63) is 42.0 Å². The van der Waals surface area contributed by atoms with Crippen molar-refractivity contribution in [1.82, 2.24) is 0 Å². The van der Waals surface area contributed by atoms with Gasteiger partial charge in [0.25, 0.3) is 10.1 Å². The molecule has 0 radical (unpaired) electrons. The first-order valence-corrected chi connectivity index (χ1v) is 9.95. The van der Waals surface area contributed by atoms with Crippen LogP contribution in [0.2, 0.25) is 0 Å². The molecule has 1 N–H and O–H groups in total. The molecule has 23 heavy (non-hydrogen) atoms. The van der Waals surface area contributed by atoms with Gasteiger partial charge in [0.15, 0.2) is 0 Å². The van der Waals surface area contributed by atoms with Gasteiger partial charge in [-0.25, -0.2) is 0 Å². The summed E-state index contributed by atoms with van der Waals surface area (Å²) in [7, 11) is -4.20. The van der Waals surface area contributed by atoms with E-state index in [1.54, 1.807) is 18.2 Å². The molecule has 2 aromatic rings. The molecule has 0 aliphatic rings. The average Bonchev–Trinajstić information content (AvgIpc) is 2.52. The molecule has 0 amide bonds. The molecular formula is C19H26O3S. The number of aryl methyl sites for hydroxylation is 1. The predicted octanol–water partition coefficient (Wildman–Crippen LogP) is 5.38. The van der Waals surface area contributed by atoms with Gasteiger partial charge in [0.2, 0.25) is 0 Å². The van der Waals surface area contributed by atoms with Crippen LogP contribution in [0, 0.1) is 0 Å². The summed E-state index contributed by atoms with van der Waals surface area (Å²) in [5, 5.41) is 1.44. The first-order chi connectivity index (χ1) is 11.0. The zero-order valence-corrected chi connectivity index (χ0v) is 14.6. The summed E-state index contributed by atoms with van der Waals surface area (Å²) in [6.07, 6.45) is 9.45. The van der Waals surface area contributed by atoms with Crippen molar-refractivity contribution in [3.63, 3.8) is 0 Å². The topological polar surface area (TPSA) is 54.4 Å². The second kappa shape index (κ2) is 8.46. The molecule has 0 aliphatic heterocycles. The third kappa shape index (κ3) is 5.33. The van der Waals surface area contributed by atoms with Crippen LogP contribution in [0.5, 0.6) is 0 Å². The highest BCUT2D eigenvalue weighted by Crippen LogP contribution is 2.26. The highest BCUT2D eigenvalue weighted by atomic mass is 32.2. The predicted molar refractivity (Wildman–Crippen MR) is 95.5 cm³/mol. The molecule has 0 unspecified atom stereocenters. The normalized spacial score (nSPS) is 11.9. The van der Waals surface area contributed by atoms with Crippen molar-refractivity contribution in [2.24, 2.45) is 0 Å². The lowest BCUT2D eigenvalue weighted by Crippen LogP contribution is -2.01. The van der Waals surface area contributed by atoms with Gasteiger partial charge in [-0.2, -0.15) is 8.42 Å². The van der Waals surface area contributed by atoms with Crippen LogP contribution in [0.1, 0.15) is 57.4 Å². The zero-order valence-electron chi connectivity index (χ0n) is 13.8. The number of unbranched alkanes of at least 4 members (excludes halogenated alkanes) is 6. The summed E-state index contributed by atoms with van der Waals surface area (Å²) in [4.78, 5) is 0.0218. The maximum Gasteiger partial charge on any atom is 0.295 e. The van der Waals surface area contributed by atoms with E-state index >= 15 is 0 Å². The molecule has 0 aromatic heterocycles. The Kier molecular flexibility index (Phi) is 6.60. The summed E-state index contributed by atoms with van der Waals surface area (Å²) in [5.74, 6) is 0. The third-order valence-electron chi connectivity index (χ3n) is 4.23. The van der Waals surface area contributed by atoms with Crippen LogP contribution in [0.4, 0.5) is 0 Å². The van der Waals surface area contributed by atoms with Gasteiger partial charge in [-0.05, 0) is 29.9 Å². The largest absolute Gasteiger partial charge is 0.295 e. The third-order valence-corrected chi connectivity index (χ3v) is 5.12. The summed E-state index contributed by atoms with van der Waals surface area (Å²) in [6, 6.07) is 10.9. The molecular weight excluding hydrogens is 308 g/mol. The minimum Gasteiger partial charge on any atom is -0.282 e. The van der Waals surface area contributed by atoms with Crippen LogP contribution in [-0.4, -0.2) is 13.0 Å². The van der Waals surface area contributed by atoms with Crippen molar-refractivity contribution in [1.29, 1.82) is 0 Å². The Morgan fingerprint density at radius 2 is 1.57 bits per heavy atom. The Morgan fingerprint density at radius 3 is 2.26 bits per heavy atom. The van der Waals surface area contributed by atoms with Crippen LogP contribution in [0.25, 0.3) is 10.8 Å². The quantitative estimate of drug-likeness (QED) is 0.495. The molecule has 0 saturated heterocycles. The lowest BCUT2D eigenvalue weighted by molar-refractivity contribution is 0.484. The zero-order chi connectivity index (χ0) is 16.7. The van der Waals surface area contributed by atoms with Gasteiger partial charge in [-0.3, -0.25) is 4.55 Å². The number of hydrogen-bond donors (Lipinski definition) is 1. The molecule has 0 spiro atoms. The van der Waals surface area contributed by atoms with Crippen molar-refractivity contribution < 1.29 is 13.0 Å². The van der Waals surface area contributed by atoms with Gasteiger partial charge in [-0.1, -0.05) is 75.8 Å². The van der Waals surface area contributed by atoms with Gasteiger partial charge in [0, 0.05) is 5.39 Å². The molecule has 0 aliphatic carbocycles. The molecule has 0 bridgehead atoms. The summed E-state index contributed by atoms with van der Waals surface area (Å²) < 4.78 is 32.7. The fourth-order valence-electron chi connectivity index (χ4n) is 2.98.